The third-order valence-corrected chi connectivity index (χ3v) is 5.17. The number of aromatic amines is 1. The monoisotopic (exact) mass is 283 g/mol. The van der Waals surface area contributed by atoms with E-state index >= 15 is 0 Å². The van der Waals surface area contributed by atoms with Gasteiger partial charge in [-0.1, -0.05) is 6.92 Å². The average Bonchev–Trinajstić information content (AvgIpc) is 2.95. The van der Waals surface area contributed by atoms with Gasteiger partial charge in [0.1, 0.15) is 0 Å². The van der Waals surface area contributed by atoms with Crippen LogP contribution >= 0.6 is 0 Å². The van der Waals surface area contributed by atoms with Crippen LogP contribution in [0.3, 0.4) is 0 Å². The molecule has 0 radical (unpaired) electrons. The van der Waals surface area contributed by atoms with E-state index in [1.807, 2.05) is 11.8 Å². The molecule has 19 heavy (non-hydrogen) atoms. The lowest BCUT2D eigenvalue weighted by molar-refractivity contribution is 0.159. The van der Waals surface area contributed by atoms with Gasteiger partial charge in [-0.15, -0.1) is 0 Å². The molecule has 1 N–H and O–H groups in total. The number of nitrogens with one attached hydrogen (secondary N) is 1. The first-order valence-corrected chi connectivity index (χ1v) is 7.66. The first-order valence-electron chi connectivity index (χ1n) is 6.22. The van der Waals surface area contributed by atoms with Crippen LogP contribution in [-0.2, 0) is 10.0 Å². The number of nitriles is 1. The van der Waals surface area contributed by atoms with Crippen LogP contribution in [0.5, 0.6) is 0 Å². The Labute approximate surface area is 112 Å². The number of H-pyrrole nitrogens is 1. The Hall–Kier alpha value is -1.43. The molecule has 7 nitrogen and oxygen atoms in total. The Morgan fingerprint density at radius 2 is 2.16 bits per heavy atom. The molecule has 1 saturated heterocycles. The second kappa shape index (κ2) is 5.69. The minimum atomic E-state index is -3.48. The van der Waals surface area contributed by atoms with Crippen molar-refractivity contribution in [2.24, 2.45) is 0 Å². The number of aromatic nitrogens is 2. The molecule has 1 aliphatic rings. The molecule has 2 rings (SSSR count). The first kappa shape index (κ1) is 14.0. The van der Waals surface area contributed by atoms with Crippen LogP contribution in [0.25, 0.3) is 0 Å². The van der Waals surface area contributed by atoms with E-state index in [9.17, 15) is 8.42 Å². The highest BCUT2D eigenvalue weighted by Crippen LogP contribution is 2.16. The van der Waals surface area contributed by atoms with Gasteiger partial charge in [-0.05, 0) is 12.5 Å². The molecule has 0 amide bonds. The van der Waals surface area contributed by atoms with Gasteiger partial charge in [-0.3, -0.25) is 10.00 Å². The predicted molar refractivity (Wildman–Crippen MR) is 68.6 cm³/mol. The van der Waals surface area contributed by atoms with E-state index in [1.165, 1.54) is 16.6 Å². The van der Waals surface area contributed by atoms with Crippen molar-refractivity contribution in [3.8, 4) is 6.07 Å². The minimum Gasteiger partial charge on any atom is -0.285 e. The summed E-state index contributed by atoms with van der Waals surface area (Å²) in [7, 11) is -3.48. The lowest BCUT2D eigenvalue weighted by Gasteiger charge is -2.35. The molecule has 8 heteroatoms. The van der Waals surface area contributed by atoms with Gasteiger partial charge >= 0.3 is 0 Å². The van der Waals surface area contributed by atoms with Crippen molar-refractivity contribution in [2.45, 2.75) is 24.4 Å². The van der Waals surface area contributed by atoms with Crippen LogP contribution in [0, 0.1) is 11.3 Å². The molecule has 0 aromatic carbocycles. The Balaban J connectivity index is 2.03. The van der Waals surface area contributed by atoms with E-state index in [4.69, 9.17) is 5.26 Å². The normalized spacial score (nSPS) is 20.0. The SMILES string of the molecule is CCC(C#N)N1CCN(S(=O)(=O)c2ccn[nH]2)CC1. The molecule has 1 aromatic rings. The number of hydrogen-bond acceptors (Lipinski definition) is 5. The minimum absolute atomic E-state index is 0.119. The highest BCUT2D eigenvalue weighted by molar-refractivity contribution is 7.89. The molecule has 2 heterocycles. The zero-order chi connectivity index (χ0) is 13.9. The summed E-state index contributed by atoms with van der Waals surface area (Å²) in [5.74, 6) is 0. The number of rotatable bonds is 4. The zero-order valence-corrected chi connectivity index (χ0v) is 11.6. The van der Waals surface area contributed by atoms with Crippen LogP contribution in [0.2, 0.25) is 0 Å². The van der Waals surface area contributed by atoms with Gasteiger partial charge in [0.2, 0.25) is 0 Å². The van der Waals surface area contributed by atoms with Crippen molar-refractivity contribution in [2.75, 3.05) is 26.2 Å². The Bertz CT molecular complexity index is 540. The molecular weight excluding hydrogens is 266 g/mol. The third-order valence-electron chi connectivity index (χ3n) is 3.34. The van der Waals surface area contributed by atoms with E-state index in [2.05, 4.69) is 16.3 Å². The molecule has 1 unspecified atom stereocenters. The van der Waals surface area contributed by atoms with Crippen molar-refractivity contribution < 1.29 is 8.42 Å². The molecule has 0 bridgehead atoms. The Morgan fingerprint density at radius 3 is 2.63 bits per heavy atom. The molecule has 104 valence electrons. The molecule has 0 spiro atoms. The lowest BCUT2D eigenvalue weighted by Crippen LogP contribution is -2.51. The summed E-state index contributed by atoms with van der Waals surface area (Å²) < 4.78 is 25.9. The molecule has 1 aliphatic heterocycles. The van der Waals surface area contributed by atoms with Crippen LogP contribution in [0.15, 0.2) is 17.3 Å². The van der Waals surface area contributed by atoms with E-state index in [1.54, 1.807) is 0 Å². The number of nitrogens with zero attached hydrogens (tertiary/aromatic N) is 4. The van der Waals surface area contributed by atoms with Gasteiger partial charge in [-0.2, -0.15) is 14.7 Å². The van der Waals surface area contributed by atoms with Gasteiger partial charge < -0.3 is 0 Å². The van der Waals surface area contributed by atoms with Crippen molar-refractivity contribution in [1.29, 1.82) is 5.26 Å². The third kappa shape index (κ3) is 2.78. The molecule has 0 saturated carbocycles. The number of piperazine rings is 1. The van der Waals surface area contributed by atoms with Crippen molar-refractivity contribution >= 4 is 10.0 Å². The fourth-order valence-electron chi connectivity index (χ4n) is 2.21. The topological polar surface area (TPSA) is 93.1 Å². The highest BCUT2D eigenvalue weighted by atomic mass is 32.2. The van der Waals surface area contributed by atoms with Gasteiger partial charge in [0.05, 0.1) is 18.3 Å². The van der Waals surface area contributed by atoms with Gasteiger partial charge in [0, 0.05) is 26.2 Å². The summed E-state index contributed by atoms with van der Waals surface area (Å²) in [4.78, 5) is 2.03. The predicted octanol–water partition coefficient (Wildman–Crippen LogP) is 0.0182. The van der Waals surface area contributed by atoms with Gasteiger partial charge in [0.25, 0.3) is 10.0 Å². The van der Waals surface area contributed by atoms with E-state index < -0.39 is 10.0 Å². The summed E-state index contributed by atoms with van der Waals surface area (Å²) in [6, 6.07) is 3.57. The largest absolute Gasteiger partial charge is 0.285 e. The Morgan fingerprint density at radius 1 is 1.47 bits per heavy atom. The molecule has 1 aromatic heterocycles. The fourth-order valence-corrected chi connectivity index (χ4v) is 3.54. The smallest absolute Gasteiger partial charge is 0.260 e. The summed E-state index contributed by atoms with van der Waals surface area (Å²) in [6.07, 6.45) is 2.18. The molecule has 1 atom stereocenters. The summed E-state index contributed by atoms with van der Waals surface area (Å²) in [5, 5.41) is 15.3. The highest BCUT2D eigenvalue weighted by Gasteiger charge is 2.31. The standard InChI is InChI=1S/C11H17N5O2S/c1-2-10(9-12)15-5-7-16(8-6-15)19(17,18)11-3-4-13-14-11/h3-4,10H,2,5-8H2,1H3,(H,13,14). The van der Waals surface area contributed by atoms with Crippen molar-refractivity contribution in [3.63, 3.8) is 0 Å². The maximum absolute atomic E-state index is 12.2. The van der Waals surface area contributed by atoms with Crippen molar-refractivity contribution in [1.82, 2.24) is 19.4 Å². The maximum atomic E-state index is 12.2. The molecular formula is C11H17N5O2S. The number of hydrogen-bond donors (Lipinski definition) is 1. The fraction of sp³-hybridized carbons (Fsp3) is 0.636. The number of sulfonamides is 1. The van der Waals surface area contributed by atoms with Crippen LogP contribution in [0.4, 0.5) is 0 Å². The van der Waals surface area contributed by atoms with Crippen LogP contribution in [-0.4, -0.2) is 60.0 Å². The summed E-state index contributed by atoms with van der Waals surface area (Å²) in [6.45, 7) is 3.93. The lowest BCUT2D eigenvalue weighted by atomic mass is 10.2. The van der Waals surface area contributed by atoms with E-state index in [0.29, 0.717) is 26.2 Å². The maximum Gasteiger partial charge on any atom is 0.260 e. The molecule has 0 aliphatic carbocycles. The molecule has 1 fully saturated rings. The quantitative estimate of drug-likeness (QED) is 0.840. The first-order chi connectivity index (χ1) is 9.09. The van der Waals surface area contributed by atoms with Crippen LogP contribution < -0.4 is 0 Å². The van der Waals surface area contributed by atoms with E-state index in [-0.39, 0.29) is 11.1 Å². The zero-order valence-electron chi connectivity index (χ0n) is 10.8. The van der Waals surface area contributed by atoms with Crippen LogP contribution in [0.1, 0.15) is 13.3 Å². The average molecular weight is 283 g/mol. The second-order valence-electron chi connectivity index (χ2n) is 4.41. The van der Waals surface area contributed by atoms with Gasteiger partial charge in [-0.25, -0.2) is 8.42 Å². The second-order valence-corrected chi connectivity index (χ2v) is 6.32. The Kier molecular flexibility index (Phi) is 4.19. The summed E-state index contributed by atoms with van der Waals surface area (Å²) >= 11 is 0. The van der Waals surface area contributed by atoms with Crippen molar-refractivity contribution in [3.05, 3.63) is 12.3 Å². The summed E-state index contributed by atoms with van der Waals surface area (Å²) in [5.41, 5.74) is 0. The van der Waals surface area contributed by atoms with E-state index in [0.717, 1.165) is 6.42 Å². The van der Waals surface area contributed by atoms with Gasteiger partial charge in [0.15, 0.2) is 5.03 Å².